The number of hydrogen-bond acceptors (Lipinski definition) is 2. The summed E-state index contributed by atoms with van der Waals surface area (Å²) in [5.41, 5.74) is 0.558. The lowest BCUT2D eigenvalue weighted by molar-refractivity contribution is 0.0955. The van der Waals surface area contributed by atoms with Crippen LogP contribution in [0.15, 0.2) is 24.5 Å². The van der Waals surface area contributed by atoms with Gasteiger partial charge in [-0.25, -0.2) is 0 Å². The van der Waals surface area contributed by atoms with Crippen molar-refractivity contribution in [3.8, 4) is 0 Å². The lowest BCUT2D eigenvalue weighted by Crippen LogP contribution is -2.25. The molecule has 13 heavy (non-hydrogen) atoms. The number of rotatable bonds is 3. The van der Waals surface area contributed by atoms with E-state index in [9.17, 15) is 4.79 Å². The highest BCUT2D eigenvalue weighted by Crippen LogP contribution is 1.94. The number of nitrogens with zero attached hydrogens (tertiary/aromatic N) is 1. The number of aromatic nitrogens is 1. The number of carbonyl (C=O) groups excluding carboxylic acids is 1. The number of hydrogen-bond donors (Lipinski definition) is 1. The normalized spacial score (nSPS) is 8.69. The summed E-state index contributed by atoms with van der Waals surface area (Å²) in [5.74, 6) is 0.287. The Morgan fingerprint density at radius 2 is 2.38 bits per heavy atom. The molecular weight excluding hydrogens is 211 g/mol. The first-order valence-electron chi connectivity index (χ1n) is 3.59. The Kier molecular flexibility index (Phi) is 6.28. The van der Waals surface area contributed by atoms with Crippen molar-refractivity contribution in [3.63, 3.8) is 0 Å². The van der Waals surface area contributed by atoms with Crippen molar-refractivity contribution in [2.45, 2.75) is 0 Å². The molecule has 1 rings (SSSR count). The molecule has 1 aromatic heterocycles. The van der Waals surface area contributed by atoms with Crippen LogP contribution in [0.25, 0.3) is 0 Å². The Morgan fingerprint density at radius 1 is 1.62 bits per heavy atom. The predicted molar refractivity (Wildman–Crippen MR) is 54.5 cm³/mol. The first-order valence-corrected chi connectivity index (χ1v) is 4.12. The van der Waals surface area contributed by atoms with Crippen LogP contribution < -0.4 is 5.32 Å². The summed E-state index contributed by atoms with van der Waals surface area (Å²) in [4.78, 5) is 15.0. The minimum absolute atomic E-state index is 0. The second-order valence-electron chi connectivity index (χ2n) is 2.19. The molecule has 0 aliphatic rings. The molecule has 0 atom stereocenters. The molecule has 3 nitrogen and oxygen atoms in total. The van der Waals surface area contributed by atoms with Gasteiger partial charge in [-0.3, -0.25) is 9.78 Å². The van der Waals surface area contributed by atoms with Gasteiger partial charge >= 0.3 is 0 Å². The highest BCUT2D eigenvalue weighted by molar-refractivity contribution is 6.18. The van der Waals surface area contributed by atoms with Crippen molar-refractivity contribution in [1.29, 1.82) is 0 Å². The van der Waals surface area contributed by atoms with Crippen molar-refractivity contribution >= 4 is 29.9 Å². The molecule has 0 radical (unpaired) electrons. The number of carbonyl (C=O) groups is 1. The standard InChI is InChI=1S/C8H9ClN2O.ClH/c9-3-5-11-8(12)7-2-1-4-10-6-7;/h1-2,4,6H,3,5H2,(H,11,12);1H. The summed E-state index contributed by atoms with van der Waals surface area (Å²) in [6.45, 7) is 0.481. The maximum atomic E-state index is 11.2. The topological polar surface area (TPSA) is 42.0 Å². The fourth-order valence-electron chi connectivity index (χ4n) is 0.760. The van der Waals surface area contributed by atoms with Crippen LogP contribution in [0.4, 0.5) is 0 Å². The molecule has 1 heterocycles. The molecule has 0 bridgehead atoms. The van der Waals surface area contributed by atoms with Crippen molar-refractivity contribution < 1.29 is 4.79 Å². The average Bonchev–Trinajstić information content (AvgIpc) is 2.15. The molecule has 1 aromatic rings. The minimum atomic E-state index is -0.135. The Labute approximate surface area is 87.9 Å². The van der Waals surface area contributed by atoms with Crippen molar-refractivity contribution in [2.75, 3.05) is 12.4 Å². The second kappa shape index (κ2) is 6.69. The van der Waals surface area contributed by atoms with Crippen LogP contribution in [-0.2, 0) is 0 Å². The van der Waals surface area contributed by atoms with Gasteiger partial charge in [0.25, 0.3) is 5.91 Å². The zero-order valence-corrected chi connectivity index (χ0v) is 8.44. The maximum absolute atomic E-state index is 11.2. The monoisotopic (exact) mass is 220 g/mol. The molecule has 0 saturated heterocycles. The Hall–Kier alpha value is -0.800. The van der Waals surface area contributed by atoms with E-state index in [-0.39, 0.29) is 18.3 Å². The van der Waals surface area contributed by atoms with Crippen LogP contribution in [0.5, 0.6) is 0 Å². The molecule has 1 N–H and O–H groups in total. The largest absolute Gasteiger partial charge is 0.351 e. The molecule has 0 aliphatic carbocycles. The van der Waals surface area contributed by atoms with Gasteiger partial charge in [-0.05, 0) is 12.1 Å². The van der Waals surface area contributed by atoms with E-state index in [1.165, 1.54) is 6.20 Å². The summed E-state index contributed by atoms with van der Waals surface area (Å²) >= 11 is 5.40. The van der Waals surface area contributed by atoms with E-state index in [0.29, 0.717) is 18.0 Å². The SMILES string of the molecule is Cl.O=C(NCCCl)c1cccnc1. The van der Waals surface area contributed by atoms with E-state index in [1.807, 2.05) is 0 Å². The van der Waals surface area contributed by atoms with Crippen LogP contribution in [0.2, 0.25) is 0 Å². The van der Waals surface area contributed by atoms with Gasteiger partial charge in [-0.2, -0.15) is 0 Å². The van der Waals surface area contributed by atoms with Crippen molar-refractivity contribution in [3.05, 3.63) is 30.1 Å². The molecule has 0 spiro atoms. The number of pyridine rings is 1. The fraction of sp³-hybridized carbons (Fsp3) is 0.250. The number of nitrogens with one attached hydrogen (secondary N) is 1. The minimum Gasteiger partial charge on any atom is -0.351 e. The van der Waals surface area contributed by atoms with E-state index < -0.39 is 0 Å². The molecule has 1 amide bonds. The summed E-state index contributed by atoms with van der Waals surface area (Å²) in [6.07, 6.45) is 3.14. The van der Waals surface area contributed by atoms with Gasteiger partial charge in [0, 0.05) is 24.8 Å². The van der Waals surface area contributed by atoms with Gasteiger partial charge in [-0.1, -0.05) is 0 Å². The lowest BCUT2D eigenvalue weighted by Gasteiger charge is -2.00. The first-order chi connectivity index (χ1) is 5.84. The van der Waals surface area contributed by atoms with E-state index in [4.69, 9.17) is 11.6 Å². The van der Waals surface area contributed by atoms with E-state index >= 15 is 0 Å². The van der Waals surface area contributed by atoms with Gasteiger partial charge in [0.2, 0.25) is 0 Å². The van der Waals surface area contributed by atoms with Crippen LogP contribution in [0, 0.1) is 0 Å². The van der Waals surface area contributed by atoms with E-state index in [2.05, 4.69) is 10.3 Å². The highest BCUT2D eigenvalue weighted by atomic mass is 35.5. The quantitative estimate of drug-likeness (QED) is 0.785. The first kappa shape index (κ1) is 12.2. The molecule has 0 saturated carbocycles. The molecule has 72 valence electrons. The van der Waals surface area contributed by atoms with Crippen LogP contribution in [0.1, 0.15) is 10.4 Å². The third-order valence-corrected chi connectivity index (χ3v) is 1.49. The smallest absolute Gasteiger partial charge is 0.252 e. The third-order valence-electron chi connectivity index (χ3n) is 1.30. The zero-order chi connectivity index (χ0) is 8.81. The molecule has 0 aliphatic heterocycles. The van der Waals surface area contributed by atoms with Gasteiger partial charge in [0.15, 0.2) is 0 Å². The van der Waals surface area contributed by atoms with Crippen molar-refractivity contribution in [2.24, 2.45) is 0 Å². The molecule has 0 unspecified atom stereocenters. The lowest BCUT2D eigenvalue weighted by atomic mass is 10.3. The van der Waals surface area contributed by atoms with Gasteiger partial charge in [-0.15, -0.1) is 24.0 Å². The Bertz CT molecular complexity index is 254. The molecule has 0 fully saturated rings. The van der Waals surface area contributed by atoms with E-state index in [1.54, 1.807) is 18.3 Å². The summed E-state index contributed by atoms with van der Waals surface area (Å²) in [5, 5.41) is 2.64. The Balaban J connectivity index is 0.00000144. The van der Waals surface area contributed by atoms with Crippen LogP contribution in [-0.4, -0.2) is 23.3 Å². The summed E-state index contributed by atoms with van der Waals surface area (Å²) in [6, 6.07) is 3.42. The van der Waals surface area contributed by atoms with Crippen LogP contribution >= 0.6 is 24.0 Å². The van der Waals surface area contributed by atoms with Gasteiger partial charge < -0.3 is 5.32 Å². The summed E-state index contributed by atoms with van der Waals surface area (Å²) in [7, 11) is 0. The van der Waals surface area contributed by atoms with Gasteiger partial charge in [0.05, 0.1) is 5.56 Å². The van der Waals surface area contributed by atoms with Crippen LogP contribution in [0.3, 0.4) is 0 Å². The highest BCUT2D eigenvalue weighted by Gasteiger charge is 2.01. The molecular formula is C8H10Cl2N2O. The predicted octanol–water partition coefficient (Wildman–Crippen LogP) is 1.47. The maximum Gasteiger partial charge on any atom is 0.252 e. The second-order valence-corrected chi connectivity index (χ2v) is 2.56. The fourth-order valence-corrected chi connectivity index (χ4v) is 0.854. The molecule has 5 heteroatoms. The number of alkyl halides is 1. The van der Waals surface area contributed by atoms with Gasteiger partial charge in [0.1, 0.15) is 0 Å². The average molecular weight is 221 g/mol. The van der Waals surface area contributed by atoms with E-state index in [0.717, 1.165) is 0 Å². The third kappa shape index (κ3) is 4.10. The zero-order valence-electron chi connectivity index (χ0n) is 6.87. The van der Waals surface area contributed by atoms with Crippen molar-refractivity contribution in [1.82, 2.24) is 10.3 Å². The number of amides is 1. The molecule has 0 aromatic carbocycles. The Morgan fingerprint density at radius 3 is 2.92 bits per heavy atom. The number of halogens is 2. The summed E-state index contributed by atoms with van der Waals surface area (Å²) < 4.78 is 0.